The standard InChI is InChI=1S/C9H18N2O3S/c1-3-14-9(13)7(10)4-5-15-6(2)8(11)12/h6-7H,3-5,10H2,1-2H3,(H2,11,12). The molecule has 0 aliphatic rings. The van der Waals surface area contributed by atoms with Gasteiger partial charge in [0, 0.05) is 0 Å². The van der Waals surface area contributed by atoms with Gasteiger partial charge in [-0.25, -0.2) is 0 Å². The highest BCUT2D eigenvalue weighted by molar-refractivity contribution is 8.00. The SMILES string of the molecule is CCOC(=O)C(N)CCSC(C)C(N)=O. The van der Waals surface area contributed by atoms with E-state index in [1.54, 1.807) is 13.8 Å². The van der Waals surface area contributed by atoms with E-state index in [9.17, 15) is 9.59 Å². The molecule has 0 fully saturated rings. The van der Waals surface area contributed by atoms with Crippen molar-refractivity contribution in [2.45, 2.75) is 31.6 Å². The van der Waals surface area contributed by atoms with Crippen molar-refractivity contribution in [2.75, 3.05) is 12.4 Å². The second-order valence-electron chi connectivity index (χ2n) is 3.06. The van der Waals surface area contributed by atoms with Crippen LogP contribution in [0.15, 0.2) is 0 Å². The van der Waals surface area contributed by atoms with Gasteiger partial charge in [0.1, 0.15) is 6.04 Å². The predicted molar refractivity (Wildman–Crippen MR) is 60.3 cm³/mol. The Morgan fingerprint density at radius 1 is 1.47 bits per heavy atom. The molecule has 0 aromatic heterocycles. The summed E-state index contributed by atoms with van der Waals surface area (Å²) in [6.45, 7) is 3.79. The molecule has 0 spiro atoms. The van der Waals surface area contributed by atoms with Gasteiger partial charge in [-0.1, -0.05) is 0 Å². The number of nitrogens with two attached hydrogens (primary N) is 2. The lowest BCUT2D eigenvalue weighted by Crippen LogP contribution is -2.33. The van der Waals surface area contributed by atoms with Gasteiger partial charge in [-0.05, 0) is 26.0 Å². The van der Waals surface area contributed by atoms with Crippen molar-refractivity contribution in [3.63, 3.8) is 0 Å². The minimum Gasteiger partial charge on any atom is -0.465 e. The lowest BCUT2D eigenvalue weighted by atomic mass is 10.2. The highest BCUT2D eigenvalue weighted by Gasteiger charge is 2.15. The average molecular weight is 234 g/mol. The maximum absolute atomic E-state index is 11.1. The second kappa shape index (κ2) is 7.53. The Balaban J connectivity index is 3.67. The van der Waals surface area contributed by atoms with Crippen LogP contribution in [0.5, 0.6) is 0 Å². The number of carbonyl (C=O) groups is 2. The molecule has 1 amide bonds. The van der Waals surface area contributed by atoms with Crippen molar-refractivity contribution in [1.82, 2.24) is 0 Å². The fourth-order valence-corrected chi connectivity index (χ4v) is 1.73. The zero-order valence-corrected chi connectivity index (χ0v) is 9.88. The summed E-state index contributed by atoms with van der Waals surface area (Å²) in [6.07, 6.45) is 0.487. The maximum Gasteiger partial charge on any atom is 0.322 e. The van der Waals surface area contributed by atoms with E-state index in [4.69, 9.17) is 16.2 Å². The molecular formula is C9H18N2O3S. The third kappa shape index (κ3) is 6.35. The number of esters is 1. The number of carbonyl (C=O) groups excluding carboxylic acids is 2. The minimum absolute atomic E-state index is 0.251. The van der Waals surface area contributed by atoms with Gasteiger partial charge < -0.3 is 16.2 Å². The Bertz CT molecular complexity index is 223. The fourth-order valence-electron chi connectivity index (χ4n) is 0.821. The summed E-state index contributed by atoms with van der Waals surface area (Å²) in [5, 5.41) is -0.251. The van der Waals surface area contributed by atoms with E-state index in [1.165, 1.54) is 11.8 Å². The molecule has 88 valence electrons. The van der Waals surface area contributed by atoms with Gasteiger partial charge in [0.05, 0.1) is 11.9 Å². The molecule has 0 heterocycles. The monoisotopic (exact) mass is 234 g/mol. The molecule has 0 saturated heterocycles. The van der Waals surface area contributed by atoms with E-state index in [1.807, 2.05) is 0 Å². The normalized spacial score (nSPS) is 14.3. The summed E-state index contributed by atoms with van der Waals surface area (Å²) in [7, 11) is 0. The zero-order valence-electron chi connectivity index (χ0n) is 9.06. The Labute approximate surface area is 93.9 Å². The summed E-state index contributed by atoms with van der Waals surface area (Å²) < 4.78 is 4.74. The summed E-state index contributed by atoms with van der Waals surface area (Å²) >= 11 is 1.39. The van der Waals surface area contributed by atoms with Gasteiger partial charge in [-0.2, -0.15) is 0 Å². The van der Waals surface area contributed by atoms with Crippen LogP contribution in [-0.2, 0) is 14.3 Å². The first kappa shape index (κ1) is 14.2. The van der Waals surface area contributed by atoms with Crippen molar-refractivity contribution in [1.29, 1.82) is 0 Å². The molecule has 0 bridgehead atoms. The van der Waals surface area contributed by atoms with Crippen molar-refractivity contribution >= 4 is 23.6 Å². The zero-order chi connectivity index (χ0) is 11.8. The summed E-state index contributed by atoms with van der Waals surface area (Å²) in [5.74, 6) is -0.140. The third-order valence-corrected chi connectivity index (χ3v) is 2.99. The maximum atomic E-state index is 11.1. The Morgan fingerprint density at radius 2 is 2.07 bits per heavy atom. The molecule has 0 aliphatic carbocycles. The molecule has 2 atom stereocenters. The van der Waals surface area contributed by atoms with E-state index < -0.39 is 12.0 Å². The van der Waals surface area contributed by atoms with Crippen LogP contribution in [0.4, 0.5) is 0 Å². The number of primary amides is 1. The molecule has 0 radical (unpaired) electrons. The predicted octanol–water partition coefficient (Wildman–Crippen LogP) is -0.126. The molecule has 0 aromatic rings. The van der Waals surface area contributed by atoms with E-state index in [2.05, 4.69) is 0 Å². The third-order valence-electron chi connectivity index (χ3n) is 1.79. The number of amides is 1. The quantitative estimate of drug-likeness (QED) is 0.598. The molecule has 6 heteroatoms. The van der Waals surface area contributed by atoms with E-state index in [0.717, 1.165) is 0 Å². The van der Waals surface area contributed by atoms with Crippen molar-refractivity contribution < 1.29 is 14.3 Å². The summed E-state index contributed by atoms with van der Waals surface area (Å²) in [4.78, 5) is 21.8. The minimum atomic E-state index is -0.613. The van der Waals surface area contributed by atoms with Crippen molar-refractivity contribution in [2.24, 2.45) is 11.5 Å². The first-order chi connectivity index (χ1) is 6.99. The second-order valence-corrected chi connectivity index (χ2v) is 4.51. The molecule has 4 N–H and O–H groups in total. The first-order valence-corrected chi connectivity index (χ1v) is 5.87. The van der Waals surface area contributed by atoms with Crippen LogP contribution in [0.2, 0.25) is 0 Å². The first-order valence-electron chi connectivity index (χ1n) is 4.82. The van der Waals surface area contributed by atoms with Gasteiger partial charge >= 0.3 is 5.97 Å². The molecule has 15 heavy (non-hydrogen) atoms. The lowest BCUT2D eigenvalue weighted by molar-refractivity contribution is -0.144. The average Bonchev–Trinajstić information content (AvgIpc) is 2.17. The van der Waals surface area contributed by atoms with Crippen LogP contribution < -0.4 is 11.5 Å². The van der Waals surface area contributed by atoms with Crippen LogP contribution >= 0.6 is 11.8 Å². The van der Waals surface area contributed by atoms with Gasteiger partial charge in [0.15, 0.2) is 0 Å². The van der Waals surface area contributed by atoms with Gasteiger partial charge in [-0.3, -0.25) is 9.59 Å². The number of hydrogen-bond donors (Lipinski definition) is 2. The van der Waals surface area contributed by atoms with Crippen molar-refractivity contribution in [3.05, 3.63) is 0 Å². The van der Waals surface area contributed by atoms with Crippen LogP contribution in [0.25, 0.3) is 0 Å². The van der Waals surface area contributed by atoms with Crippen LogP contribution in [0.1, 0.15) is 20.3 Å². The molecule has 0 aliphatic heterocycles. The molecule has 0 saturated carbocycles. The number of rotatable bonds is 7. The van der Waals surface area contributed by atoms with E-state index in [0.29, 0.717) is 18.8 Å². The number of thioether (sulfide) groups is 1. The highest BCUT2D eigenvalue weighted by Crippen LogP contribution is 2.12. The highest BCUT2D eigenvalue weighted by atomic mass is 32.2. The van der Waals surface area contributed by atoms with E-state index in [-0.39, 0.29) is 11.2 Å². The molecule has 0 rings (SSSR count). The molecule has 5 nitrogen and oxygen atoms in total. The summed E-state index contributed by atoms with van der Waals surface area (Å²) in [5.41, 5.74) is 10.6. The van der Waals surface area contributed by atoms with Crippen LogP contribution in [0, 0.1) is 0 Å². The Hall–Kier alpha value is -0.750. The fraction of sp³-hybridized carbons (Fsp3) is 0.778. The van der Waals surface area contributed by atoms with Gasteiger partial charge in [-0.15, -0.1) is 11.8 Å². The molecule has 2 unspecified atom stereocenters. The van der Waals surface area contributed by atoms with Gasteiger partial charge in [0.25, 0.3) is 0 Å². The Morgan fingerprint density at radius 3 is 2.53 bits per heavy atom. The topological polar surface area (TPSA) is 95.4 Å². The number of ether oxygens (including phenoxy) is 1. The molecule has 0 aromatic carbocycles. The van der Waals surface area contributed by atoms with E-state index >= 15 is 0 Å². The number of hydrogen-bond acceptors (Lipinski definition) is 5. The summed E-state index contributed by atoms with van der Waals surface area (Å²) in [6, 6.07) is -0.613. The lowest BCUT2D eigenvalue weighted by Gasteiger charge is -2.11. The Kier molecular flexibility index (Phi) is 7.15. The van der Waals surface area contributed by atoms with Crippen LogP contribution in [-0.4, -0.2) is 35.5 Å². The van der Waals surface area contributed by atoms with Gasteiger partial charge in [0.2, 0.25) is 5.91 Å². The van der Waals surface area contributed by atoms with Crippen molar-refractivity contribution in [3.8, 4) is 0 Å². The van der Waals surface area contributed by atoms with Crippen LogP contribution in [0.3, 0.4) is 0 Å². The molecular weight excluding hydrogens is 216 g/mol. The largest absolute Gasteiger partial charge is 0.465 e. The smallest absolute Gasteiger partial charge is 0.322 e.